The van der Waals surface area contributed by atoms with Crippen LogP contribution in [0.3, 0.4) is 0 Å². The van der Waals surface area contributed by atoms with Gasteiger partial charge in [0.1, 0.15) is 17.6 Å². The third-order valence-corrected chi connectivity index (χ3v) is 4.90. The minimum Gasteiger partial charge on any atom is -0.458 e. The summed E-state index contributed by atoms with van der Waals surface area (Å²) in [6, 6.07) is 7.35. The number of furan rings is 1. The summed E-state index contributed by atoms with van der Waals surface area (Å²) in [5.74, 6) is 0.987. The molecule has 6 heteroatoms. The van der Waals surface area contributed by atoms with Crippen molar-refractivity contribution in [2.24, 2.45) is 0 Å². The highest BCUT2D eigenvalue weighted by atomic mass is 32.1. The second-order valence-electron chi connectivity index (χ2n) is 4.93. The van der Waals surface area contributed by atoms with E-state index in [1.165, 1.54) is 11.3 Å². The van der Waals surface area contributed by atoms with Crippen LogP contribution >= 0.6 is 22.7 Å². The molecular formula is C16H15NO3S2. The van der Waals surface area contributed by atoms with Crippen molar-refractivity contribution in [3.63, 3.8) is 0 Å². The molecule has 0 radical (unpaired) electrons. The van der Waals surface area contributed by atoms with Crippen LogP contribution in [0.25, 0.3) is 11.3 Å². The summed E-state index contributed by atoms with van der Waals surface area (Å²) < 4.78 is 5.64. The number of aliphatic hydroxyl groups is 1. The molecule has 0 aliphatic heterocycles. The van der Waals surface area contributed by atoms with Crippen LogP contribution in [-0.4, -0.2) is 17.6 Å². The van der Waals surface area contributed by atoms with Gasteiger partial charge in [0.05, 0.1) is 11.4 Å². The van der Waals surface area contributed by atoms with Crippen LogP contribution in [0.1, 0.15) is 27.1 Å². The molecule has 1 atom stereocenters. The van der Waals surface area contributed by atoms with E-state index in [1.54, 1.807) is 17.4 Å². The molecular weight excluding hydrogens is 318 g/mol. The number of aliphatic hydroxyl groups excluding tert-OH is 1. The van der Waals surface area contributed by atoms with E-state index in [0.717, 1.165) is 16.9 Å². The average Bonchev–Trinajstić information content (AvgIpc) is 3.23. The van der Waals surface area contributed by atoms with Gasteiger partial charge in [-0.15, -0.1) is 11.3 Å². The smallest absolute Gasteiger partial charge is 0.261 e. The van der Waals surface area contributed by atoms with Crippen LogP contribution in [-0.2, 0) is 0 Å². The first-order valence-corrected chi connectivity index (χ1v) is 8.59. The van der Waals surface area contributed by atoms with Crippen molar-refractivity contribution in [3.05, 3.63) is 56.6 Å². The molecule has 0 bridgehead atoms. The van der Waals surface area contributed by atoms with Gasteiger partial charge in [-0.25, -0.2) is 0 Å². The minimum atomic E-state index is -0.864. The van der Waals surface area contributed by atoms with Crippen LogP contribution in [0.4, 0.5) is 0 Å². The van der Waals surface area contributed by atoms with E-state index in [0.29, 0.717) is 10.6 Å². The molecule has 3 rings (SSSR count). The number of carbonyl (C=O) groups excluding carboxylic acids is 1. The number of rotatable bonds is 5. The standard InChI is InChI=1S/C16H15NO3S2/c1-10-6-15(22-8-10)16(19)17-7-12(18)14-3-2-13(20-14)11-4-5-21-9-11/h2-6,8-9,12,18H,7H2,1H3,(H,17,19)/t12-/m0/s1. The van der Waals surface area contributed by atoms with Gasteiger partial charge in [-0.3, -0.25) is 4.79 Å². The number of amides is 1. The summed E-state index contributed by atoms with van der Waals surface area (Å²) in [4.78, 5) is 12.6. The zero-order valence-corrected chi connectivity index (χ0v) is 13.5. The number of thiophene rings is 2. The lowest BCUT2D eigenvalue weighted by atomic mass is 10.2. The van der Waals surface area contributed by atoms with Crippen molar-refractivity contribution in [1.82, 2.24) is 5.32 Å². The molecule has 2 N–H and O–H groups in total. The highest BCUT2D eigenvalue weighted by molar-refractivity contribution is 7.12. The number of hydrogen-bond donors (Lipinski definition) is 2. The van der Waals surface area contributed by atoms with Crippen molar-refractivity contribution in [2.75, 3.05) is 6.54 Å². The normalized spacial score (nSPS) is 12.3. The van der Waals surface area contributed by atoms with Crippen LogP contribution in [0.2, 0.25) is 0 Å². The summed E-state index contributed by atoms with van der Waals surface area (Å²) in [5.41, 5.74) is 2.05. The maximum absolute atomic E-state index is 11.9. The number of nitrogens with one attached hydrogen (secondary N) is 1. The summed E-state index contributed by atoms with van der Waals surface area (Å²) in [5, 5.41) is 18.7. The Morgan fingerprint density at radius 2 is 2.23 bits per heavy atom. The van der Waals surface area contributed by atoms with Gasteiger partial charge in [0.2, 0.25) is 0 Å². The van der Waals surface area contributed by atoms with Gasteiger partial charge < -0.3 is 14.8 Å². The molecule has 0 unspecified atom stereocenters. The van der Waals surface area contributed by atoms with E-state index in [1.807, 2.05) is 41.3 Å². The first-order valence-electron chi connectivity index (χ1n) is 6.77. The van der Waals surface area contributed by atoms with Gasteiger partial charge in [-0.2, -0.15) is 11.3 Å². The molecule has 114 valence electrons. The van der Waals surface area contributed by atoms with Crippen molar-refractivity contribution < 1.29 is 14.3 Å². The van der Waals surface area contributed by atoms with Crippen molar-refractivity contribution in [3.8, 4) is 11.3 Å². The molecule has 4 nitrogen and oxygen atoms in total. The SMILES string of the molecule is Cc1csc(C(=O)NC[C@H](O)c2ccc(-c3ccsc3)o2)c1. The second kappa shape index (κ2) is 6.48. The predicted molar refractivity (Wildman–Crippen MR) is 88.4 cm³/mol. The molecule has 0 aromatic carbocycles. The zero-order valence-electron chi connectivity index (χ0n) is 11.9. The lowest BCUT2D eigenvalue weighted by Gasteiger charge is -2.08. The fourth-order valence-corrected chi connectivity index (χ4v) is 3.48. The first kappa shape index (κ1) is 15.0. The molecule has 0 fully saturated rings. The number of hydrogen-bond acceptors (Lipinski definition) is 5. The van der Waals surface area contributed by atoms with Crippen molar-refractivity contribution in [2.45, 2.75) is 13.0 Å². The minimum absolute atomic E-state index is 0.117. The van der Waals surface area contributed by atoms with Crippen molar-refractivity contribution >= 4 is 28.6 Å². The quantitative estimate of drug-likeness (QED) is 0.745. The highest BCUT2D eigenvalue weighted by Gasteiger charge is 2.16. The molecule has 0 saturated heterocycles. The van der Waals surface area contributed by atoms with Gasteiger partial charge in [-0.1, -0.05) is 0 Å². The Morgan fingerprint density at radius 3 is 2.91 bits per heavy atom. The molecule has 0 spiro atoms. The average molecular weight is 333 g/mol. The van der Waals surface area contributed by atoms with Gasteiger partial charge in [0, 0.05) is 10.9 Å². The van der Waals surface area contributed by atoms with Gasteiger partial charge in [-0.05, 0) is 47.5 Å². The Bertz CT molecular complexity index is 758. The zero-order chi connectivity index (χ0) is 15.5. The third kappa shape index (κ3) is 3.30. The van der Waals surface area contributed by atoms with Crippen LogP contribution in [0.5, 0.6) is 0 Å². The predicted octanol–water partition coefficient (Wildman–Crippen LogP) is 3.84. The molecule has 0 aliphatic carbocycles. The Hall–Kier alpha value is -1.89. The Balaban J connectivity index is 1.60. The molecule has 0 aliphatic rings. The Kier molecular flexibility index (Phi) is 4.42. The summed E-state index contributed by atoms with van der Waals surface area (Å²) >= 11 is 2.98. The number of carbonyl (C=O) groups is 1. The molecule has 3 aromatic rings. The van der Waals surface area contributed by atoms with E-state index in [4.69, 9.17) is 4.42 Å². The first-order chi connectivity index (χ1) is 10.6. The number of aryl methyl sites for hydroxylation is 1. The Labute approximate surface area is 136 Å². The maximum atomic E-state index is 11.9. The second-order valence-corrected chi connectivity index (χ2v) is 6.62. The maximum Gasteiger partial charge on any atom is 0.261 e. The molecule has 1 amide bonds. The van der Waals surface area contributed by atoms with Crippen LogP contribution in [0.15, 0.2) is 44.8 Å². The summed E-state index contributed by atoms with van der Waals surface area (Å²) in [6.45, 7) is 2.06. The largest absolute Gasteiger partial charge is 0.458 e. The van der Waals surface area contributed by atoms with Crippen LogP contribution in [0, 0.1) is 6.92 Å². The fraction of sp³-hybridized carbons (Fsp3) is 0.188. The molecule has 0 saturated carbocycles. The van der Waals surface area contributed by atoms with Gasteiger partial charge >= 0.3 is 0 Å². The van der Waals surface area contributed by atoms with E-state index >= 15 is 0 Å². The third-order valence-electron chi connectivity index (χ3n) is 3.17. The summed E-state index contributed by atoms with van der Waals surface area (Å²) in [7, 11) is 0. The van der Waals surface area contributed by atoms with E-state index in [9.17, 15) is 9.90 Å². The van der Waals surface area contributed by atoms with E-state index in [2.05, 4.69) is 5.32 Å². The Morgan fingerprint density at radius 1 is 1.36 bits per heavy atom. The van der Waals surface area contributed by atoms with Crippen LogP contribution < -0.4 is 5.32 Å². The van der Waals surface area contributed by atoms with Gasteiger partial charge in [0.25, 0.3) is 5.91 Å². The lowest BCUT2D eigenvalue weighted by molar-refractivity contribution is 0.0905. The lowest BCUT2D eigenvalue weighted by Crippen LogP contribution is -2.27. The molecule has 22 heavy (non-hydrogen) atoms. The monoisotopic (exact) mass is 333 g/mol. The van der Waals surface area contributed by atoms with E-state index < -0.39 is 6.10 Å². The topological polar surface area (TPSA) is 62.5 Å². The van der Waals surface area contributed by atoms with E-state index in [-0.39, 0.29) is 12.5 Å². The summed E-state index contributed by atoms with van der Waals surface area (Å²) in [6.07, 6.45) is -0.864. The fourth-order valence-electron chi connectivity index (χ4n) is 2.02. The molecule has 3 aromatic heterocycles. The van der Waals surface area contributed by atoms with Gasteiger partial charge in [0.15, 0.2) is 0 Å². The molecule has 3 heterocycles. The highest BCUT2D eigenvalue weighted by Crippen LogP contribution is 2.26. The van der Waals surface area contributed by atoms with Crippen molar-refractivity contribution in [1.29, 1.82) is 0 Å².